The van der Waals surface area contributed by atoms with Crippen molar-refractivity contribution < 1.29 is 14.3 Å². The first-order valence-corrected chi connectivity index (χ1v) is 7.81. The van der Waals surface area contributed by atoms with Gasteiger partial charge in [-0.1, -0.05) is 38.0 Å². The summed E-state index contributed by atoms with van der Waals surface area (Å²) in [6, 6.07) is 4.19. The summed E-state index contributed by atoms with van der Waals surface area (Å²) in [5.41, 5.74) is 7.15. The van der Waals surface area contributed by atoms with E-state index in [-0.39, 0.29) is 17.9 Å². The van der Waals surface area contributed by atoms with Crippen LogP contribution in [-0.2, 0) is 4.79 Å². The summed E-state index contributed by atoms with van der Waals surface area (Å²) in [7, 11) is 1.60. The summed E-state index contributed by atoms with van der Waals surface area (Å²) >= 11 is 0. The third-order valence-electron chi connectivity index (χ3n) is 4.00. The summed E-state index contributed by atoms with van der Waals surface area (Å²) < 4.78 is 5.36. The number of primary amides is 1. The van der Waals surface area contributed by atoms with Crippen LogP contribution in [0.5, 0.6) is 5.75 Å². The molecule has 1 aromatic rings. The zero-order valence-electron chi connectivity index (χ0n) is 14.5. The molecule has 0 aliphatic heterocycles. The van der Waals surface area contributed by atoms with E-state index in [0.717, 1.165) is 17.5 Å². The van der Waals surface area contributed by atoms with Crippen molar-refractivity contribution >= 4 is 11.9 Å². The second-order valence-corrected chi connectivity index (χ2v) is 5.85. The summed E-state index contributed by atoms with van der Waals surface area (Å²) in [5.74, 6) is 0.440. The lowest BCUT2D eigenvalue weighted by molar-refractivity contribution is -0.124. The van der Waals surface area contributed by atoms with Gasteiger partial charge in [-0.25, -0.2) is 4.79 Å². The van der Waals surface area contributed by atoms with Crippen molar-refractivity contribution in [2.75, 3.05) is 7.11 Å². The smallest absolute Gasteiger partial charge is 0.312 e. The largest absolute Gasteiger partial charge is 0.496 e. The van der Waals surface area contributed by atoms with Gasteiger partial charge in [0.2, 0.25) is 5.91 Å². The first kappa shape index (κ1) is 18.8. The zero-order valence-corrected chi connectivity index (χ0v) is 14.5. The topological polar surface area (TPSA) is 93.5 Å². The van der Waals surface area contributed by atoms with Crippen LogP contribution in [0.1, 0.15) is 44.4 Å². The van der Waals surface area contributed by atoms with Crippen molar-refractivity contribution in [3.8, 4) is 5.75 Å². The van der Waals surface area contributed by atoms with Gasteiger partial charge in [0, 0.05) is 5.56 Å². The van der Waals surface area contributed by atoms with E-state index in [1.165, 1.54) is 0 Å². The first-order chi connectivity index (χ1) is 10.8. The molecule has 0 unspecified atom stereocenters. The average molecular weight is 321 g/mol. The van der Waals surface area contributed by atoms with E-state index in [2.05, 4.69) is 10.6 Å². The number of methoxy groups -OCH3 is 1. The minimum atomic E-state index is -0.703. The predicted octanol–water partition coefficient (Wildman–Crippen LogP) is 2.26. The van der Waals surface area contributed by atoms with Gasteiger partial charge in [0.1, 0.15) is 11.8 Å². The normalized spacial score (nSPS) is 14.5. The number of carbonyl (C=O) groups excluding carboxylic acids is 2. The highest BCUT2D eigenvalue weighted by atomic mass is 16.5. The van der Waals surface area contributed by atoms with Crippen LogP contribution < -0.4 is 21.1 Å². The van der Waals surface area contributed by atoms with Gasteiger partial charge < -0.3 is 21.1 Å². The average Bonchev–Trinajstić information content (AvgIpc) is 2.51. The molecule has 4 N–H and O–H groups in total. The fourth-order valence-corrected chi connectivity index (χ4v) is 2.43. The molecule has 0 saturated carbocycles. The van der Waals surface area contributed by atoms with Gasteiger partial charge in [0.05, 0.1) is 13.2 Å². The lowest BCUT2D eigenvalue weighted by Crippen LogP contribution is -2.52. The van der Waals surface area contributed by atoms with Crippen molar-refractivity contribution in [1.82, 2.24) is 10.6 Å². The van der Waals surface area contributed by atoms with Gasteiger partial charge >= 0.3 is 6.03 Å². The standard InChI is InChI=1S/C17H27N3O3/c1-6-11(3)15(20-17(18)22)16(21)19-12(4)13-9-10(2)7-8-14(13)23-5/h7-9,11-12,15H,6H2,1-5H3,(H,19,21)(H3,18,20,22)/t11-,12-,15+/m0/s1. The van der Waals surface area contributed by atoms with E-state index < -0.39 is 12.1 Å². The first-order valence-electron chi connectivity index (χ1n) is 7.81. The summed E-state index contributed by atoms with van der Waals surface area (Å²) in [4.78, 5) is 23.7. The SMILES string of the molecule is CC[C@H](C)[C@@H](NC(N)=O)C(=O)N[C@@H](C)c1cc(C)ccc1OC. The molecule has 6 nitrogen and oxygen atoms in total. The van der Waals surface area contributed by atoms with Crippen LogP contribution in [0, 0.1) is 12.8 Å². The van der Waals surface area contributed by atoms with Crippen molar-refractivity contribution in [1.29, 1.82) is 0 Å². The van der Waals surface area contributed by atoms with Crippen molar-refractivity contribution in [2.45, 2.75) is 46.2 Å². The Morgan fingerprint density at radius 2 is 1.91 bits per heavy atom. The predicted molar refractivity (Wildman–Crippen MR) is 90.3 cm³/mol. The fourth-order valence-electron chi connectivity index (χ4n) is 2.43. The number of carbonyl (C=O) groups is 2. The molecule has 0 radical (unpaired) electrons. The van der Waals surface area contributed by atoms with Crippen LogP contribution in [0.2, 0.25) is 0 Å². The van der Waals surface area contributed by atoms with E-state index in [4.69, 9.17) is 10.5 Å². The number of aryl methyl sites for hydroxylation is 1. The molecule has 23 heavy (non-hydrogen) atoms. The molecular formula is C17H27N3O3. The molecular weight excluding hydrogens is 294 g/mol. The number of urea groups is 1. The van der Waals surface area contributed by atoms with Crippen molar-refractivity contribution in [2.24, 2.45) is 11.7 Å². The summed E-state index contributed by atoms with van der Waals surface area (Å²) in [6.07, 6.45) is 0.751. The van der Waals surface area contributed by atoms with Gasteiger partial charge in [-0.3, -0.25) is 4.79 Å². The quantitative estimate of drug-likeness (QED) is 0.719. The lowest BCUT2D eigenvalue weighted by atomic mass is 9.97. The third kappa shape index (κ3) is 5.16. The number of amides is 3. The zero-order chi connectivity index (χ0) is 17.6. The van der Waals surface area contributed by atoms with Crippen molar-refractivity contribution in [3.63, 3.8) is 0 Å². The third-order valence-corrected chi connectivity index (χ3v) is 4.00. The highest BCUT2D eigenvalue weighted by Gasteiger charge is 2.27. The fraction of sp³-hybridized carbons (Fsp3) is 0.529. The molecule has 6 heteroatoms. The Labute approximate surface area is 137 Å². The van der Waals surface area contributed by atoms with Crippen LogP contribution in [-0.4, -0.2) is 25.1 Å². The highest BCUT2D eigenvalue weighted by Crippen LogP contribution is 2.26. The molecule has 3 atom stereocenters. The molecule has 0 bridgehead atoms. The Morgan fingerprint density at radius 1 is 1.26 bits per heavy atom. The Morgan fingerprint density at radius 3 is 2.43 bits per heavy atom. The second kappa shape index (κ2) is 8.41. The molecule has 0 aromatic heterocycles. The van der Waals surface area contributed by atoms with Crippen LogP contribution in [0.25, 0.3) is 0 Å². The van der Waals surface area contributed by atoms with E-state index in [0.29, 0.717) is 5.75 Å². The number of ether oxygens (including phenoxy) is 1. The number of hydrogen-bond donors (Lipinski definition) is 3. The minimum Gasteiger partial charge on any atom is -0.496 e. The van der Waals surface area contributed by atoms with Crippen LogP contribution >= 0.6 is 0 Å². The maximum Gasteiger partial charge on any atom is 0.312 e. The molecule has 0 aliphatic rings. The number of rotatable bonds is 7. The lowest BCUT2D eigenvalue weighted by Gasteiger charge is -2.25. The Kier molecular flexibility index (Phi) is 6.88. The molecule has 128 valence electrons. The Balaban J connectivity index is 2.93. The molecule has 0 heterocycles. The maximum atomic E-state index is 12.5. The van der Waals surface area contributed by atoms with Gasteiger partial charge in [0.15, 0.2) is 0 Å². The number of benzene rings is 1. The van der Waals surface area contributed by atoms with E-state index in [1.54, 1.807) is 7.11 Å². The van der Waals surface area contributed by atoms with Crippen LogP contribution in [0.15, 0.2) is 18.2 Å². The van der Waals surface area contributed by atoms with Crippen LogP contribution in [0.3, 0.4) is 0 Å². The van der Waals surface area contributed by atoms with Crippen LogP contribution in [0.4, 0.5) is 4.79 Å². The molecule has 1 rings (SSSR count). The molecule has 0 spiro atoms. The number of nitrogens with two attached hydrogens (primary N) is 1. The van der Waals surface area contributed by atoms with Gasteiger partial charge in [-0.15, -0.1) is 0 Å². The number of hydrogen-bond acceptors (Lipinski definition) is 3. The Hall–Kier alpha value is -2.24. The summed E-state index contributed by atoms with van der Waals surface area (Å²) in [6.45, 7) is 7.72. The monoisotopic (exact) mass is 321 g/mol. The molecule has 0 fully saturated rings. The van der Waals surface area contributed by atoms with E-state index in [9.17, 15) is 9.59 Å². The van der Waals surface area contributed by atoms with Gasteiger partial charge in [0.25, 0.3) is 0 Å². The number of nitrogens with one attached hydrogen (secondary N) is 2. The molecule has 0 aliphatic carbocycles. The highest BCUT2D eigenvalue weighted by molar-refractivity contribution is 5.87. The second-order valence-electron chi connectivity index (χ2n) is 5.85. The summed E-state index contributed by atoms with van der Waals surface area (Å²) in [5, 5.41) is 5.45. The maximum absolute atomic E-state index is 12.5. The van der Waals surface area contributed by atoms with Crippen molar-refractivity contribution in [3.05, 3.63) is 29.3 Å². The van der Waals surface area contributed by atoms with Gasteiger partial charge in [-0.05, 0) is 25.8 Å². The minimum absolute atomic E-state index is 0.0193. The van der Waals surface area contributed by atoms with E-state index in [1.807, 2.05) is 45.9 Å². The van der Waals surface area contributed by atoms with Gasteiger partial charge in [-0.2, -0.15) is 0 Å². The Bertz CT molecular complexity index is 560. The van der Waals surface area contributed by atoms with E-state index >= 15 is 0 Å². The molecule has 1 aromatic carbocycles. The molecule has 3 amide bonds. The molecule has 0 saturated heterocycles.